The Hall–Kier alpha value is 0.270. The number of hydrogen-bond acceptors (Lipinski definition) is 3. The predicted molar refractivity (Wildman–Crippen MR) is 47.9 cm³/mol. The highest BCUT2D eigenvalue weighted by atomic mass is 32.2. The monoisotopic (exact) mass is 176 g/mol. The van der Waals surface area contributed by atoms with Crippen molar-refractivity contribution < 1.29 is 9.47 Å². The van der Waals surface area contributed by atoms with Crippen LogP contribution in [0.2, 0.25) is 0 Å². The van der Waals surface area contributed by atoms with Gasteiger partial charge in [-0.05, 0) is 20.1 Å². The van der Waals surface area contributed by atoms with Gasteiger partial charge in [-0.25, -0.2) is 0 Å². The van der Waals surface area contributed by atoms with Crippen LogP contribution in [0.15, 0.2) is 0 Å². The van der Waals surface area contributed by atoms with Crippen LogP contribution in [-0.2, 0) is 9.47 Å². The van der Waals surface area contributed by atoms with E-state index in [-0.39, 0.29) is 5.60 Å². The van der Waals surface area contributed by atoms with E-state index < -0.39 is 0 Å². The first-order chi connectivity index (χ1) is 5.14. The maximum Gasteiger partial charge on any atom is 0.105 e. The van der Waals surface area contributed by atoms with E-state index in [0.717, 1.165) is 19.6 Å². The molecule has 0 bridgehead atoms. The zero-order valence-electron chi connectivity index (χ0n) is 7.42. The summed E-state index contributed by atoms with van der Waals surface area (Å²) in [7, 11) is 0. The fraction of sp³-hybridized carbons (Fsp3) is 1.00. The molecule has 1 atom stereocenters. The van der Waals surface area contributed by atoms with Crippen LogP contribution in [0.4, 0.5) is 0 Å². The molecule has 0 spiro atoms. The van der Waals surface area contributed by atoms with Gasteiger partial charge in [0, 0.05) is 6.42 Å². The minimum atomic E-state index is -0.00975. The topological polar surface area (TPSA) is 18.5 Å². The molecule has 1 heterocycles. The normalized spacial score (nSPS) is 31.4. The molecule has 1 aliphatic heterocycles. The van der Waals surface area contributed by atoms with Gasteiger partial charge in [-0.1, -0.05) is 0 Å². The van der Waals surface area contributed by atoms with Crippen molar-refractivity contribution in [2.75, 3.05) is 19.5 Å². The van der Waals surface area contributed by atoms with E-state index in [1.807, 2.05) is 0 Å². The van der Waals surface area contributed by atoms with Crippen molar-refractivity contribution in [1.29, 1.82) is 0 Å². The van der Waals surface area contributed by atoms with E-state index >= 15 is 0 Å². The first kappa shape index (κ1) is 9.36. The Morgan fingerprint density at radius 2 is 2.09 bits per heavy atom. The minimum Gasteiger partial charge on any atom is -0.373 e. The van der Waals surface area contributed by atoms with Gasteiger partial charge in [-0.3, -0.25) is 0 Å². The first-order valence-electron chi connectivity index (χ1n) is 3.92. The van der Waals surface area contributed by atoms with Gasteiger partial charge in [0.05, 0.1) is 18.8 Å². The van der Waals surface area contributed by atoms with Crippen molar-refractivity contribution >= 4 is 11.8 Å². The van der Waals surface area contributed by atoms with Crippen molar-refractivity contribution in [2.24, 2.45) is 0 Å². The number of hydrogen-bond donors (Lipinski definition) is 0. The van der Waals surface area contributed by atoms with Gasteiger partial charge in [-0.15, -0.1) is 11.8 Å². The molecule has 0 aliphatic carbocycles. The van der Waals surface area contributed by atoms with Crippen LogP contribution in [0.5, 0.6) is 0 Å². The molecule has 1 rings (SSSR count). The molecule has 66 valence electrons. The second-order valence-corrected chi connectivity index (χ2v) is 4.35. The Morgan fingerprint density at radius 1 is 1.36 bits per heavy atom. The fourth-order valence-corrected chi connectivity index (χ4v) is 1.97. The summed E-state index contributed by atoms with van der Waals surface area (Å²) < 4.78 is 11.1. The summed E-state index contributed by atoms with van der Waals surface area (Å²) in [6, 6.07) is 0. The highest BCUT2D eigenvalue weighted by Gasteiger charge is 2.26. The number of thioether (sulfide) groups is 1. The second kappa shape index (κ2) is 3.78. The molecule has 0 aromatic heterocycles. The van der Waals surface area contributed by atoms with Crippen LogP contribution in [0.25, 0.3) is 0 Å². The summed E-state index contributed by atoms with van der Waals surface area (Å²) in [6.07, 6.45) is 3.06. The largest absolute Gasteiger partial charge is 0.373 e. The quantitative estimate of drug-likeness (QED) is 0.608. The zero-order chi connectivity index (χ0) is 8.32. The minimum absolute atomic E-state index is 0.00975. The third-order valence-corrected chi connectivity index (χ3v) is 2.63. The van der Waals surface area contributed by atoms with Crippen LogP contribution >= 0.6 is 11.8 Å². The van der Waals surface area contributed by atoms with Gasteiger partial charge in [0.25, 0.3) is 0 Å². The van der Waals surface area contributed by atoms with Crippen LogP contribution in [0.1, 0.15) is 20.3 Å². The van der Waals surface area contributed by atoms with Gasteiger partial charge in [0.1, 0.15) is 5.44 Å². The lowest BCUT2D eigenvalue weighted by molar-refractivity contribution is -0.0106. The van der Waals surface area contributed by atoms with Gasteiger partial charge in [0.15, 0.2) is 0 Å². The molecule has 11 heavy (non-hydrogen) atoms. The van der Waals surface area contributed by atoms with E-state index in [9.17, 15) is 0 Å². The molecule has 0 radical (unpaired) electrons. The lowest BCUT2D eigenvalue weighted by atomic mass is 10.1. The maximum absolute atomic E-state index is 5.58. The number of ether oxygens (including phenoxy) is 2. The fourth-order valence-electron chi connectivity index (χ4n) is 1.17. The Labute approximate surface area is 72.6 Å². The highest BCUT2D eigenvalue weighted by molar-refractivity contribution is 7.99. The molecule has 1 saturated heterocycles. The van der Waals surface area contributed by atoms with Crippen molar-refractivity contribution in [1.82, 2.24) is 0 Å². The molecule has 0 N–H and O–H groups in total. The van der Waals surface area contributed by atoms with Gasteiger partial charge in [0.2, 0.25) is 0 Å². The van der Waals surface area contributed by atoms with Crippen LogP contribution < -0.4 is 0 Å². The van der Waals surface area contributed by atoms with E-state index in [4.69, 9.17) is 9.47 Å². The van der Waals surface area contributed by atoms with E-state index in [1.165, 1.54) is 0 Å². The highest BCUT2D eigenvalue weighted by Crippen LogP contribution is 2.26. The Bertz CT molecular complexity index is 125. The summed E-state index contributed by atoms with van der Waals surface area (Å²) in [5.74, 6) is 0. The summed E-state index contributed by atoms with van der Waals surface area (Å²) >= 11 is 1.76. The molecule has 1 aliphatic rings. The van der Waals surface area contributed by atoms with Gasteiger partial charge < -0.3 is 9.47 Å². The molecule has 3 heteroatoms. The molecule has 0 aromatic rings. The Kier molecular flexibility index (Phi) is 3.22. The summed E-state index contributed by atoms with van der Waals surface area (Å²) in [6.45, 7) is 5.69. The van der Waals surface area contributed by atoms with E-state index in [1.54, 1.807) is 11.8 Å². The van der Waals surface area contributed by atoms with Crippen LogP contribution in [0, 0.1) is 0 Å². The van der Waals surface area contributed by atoms with Crippen molar-refractivity contribution in [3.8, 4) is 0 Å². The average Bonchev–Trinajstić information content (AvgIpc) is 2.10. The van der Waals surface area contributed by atoms with Gasteiger partial charge in [-0.2, -0.15) is 0 Å². The van der Waals surface area contributed by atoms with Crippen molar-refractivity contribution in [2.45, 2.75) is 31.3 Å². The summed E-state index contributed by atoms with van der Waals surface area (Å²) in [4.78, 5) is 0. The van der Waals surface area contributed by atoms with E-state index in [2.05, 4.69) is 20.1 Å². The molecule has 0 aromatic carbocycles. The van der Waals surface area contributed by atoms with Crippen LogP contribution in [0.3, 0.4) is 0 Å². The first-order valence-corrected chi connectivity index (χ1v) is 5.21. The molecule has 1 fully saturated rings. The Balaban J connectivity index is 2.47. The molecular formula is C8H16O2S. The zero-order valence-corrected chi connectivity index (χ0v) is 8.24. The van der Waals surface area contributed by atoms with Crippen LogP contribution in [-0.4, -0.2) is 30.5 Å². The average molecular weight is 176 g/mol. The third-order valence-electron chi connectivity index (χ3n) is 1.80. The van der Waals surface area contributed by atoms with Crippen molar-refractivity contribution in [3.05, 3.63) is 0 Å². The summed E-state index contributed by atoms with van der Waals surface area (Å²) in [5, 5.41) is 0. The van der Waals surface area contributed by atoms with Gasteiger partial charge >= 0.3 is 0 Å². The van der Waals surface area contributed by atoms with E-state index in [0.29, 0.717) is 5.44 Å². The SMILES string of the molecule is CSC1CC(C)(C)OCCO1. The second-order valence-electron chi connectivity index (χ2n) is 3.35. The molecule has 2 nitrogen and oxygen atoms in total. The van der Waals surface area contributed by atoms with Crippen molar-refractivity contribution in [3.63, 3.8) is 0 Å². The Morgan fingerprint density at radius 3 is 2.73 bits per heavy atom. The lowest BCUT2D eigenvalue weighted by Gasteiger charge is -2.24. The smallest absolute Gasteiger partial charge is 0.105 e. The standard InChI is InChI=1S/C8H16O2S/c1-8(2)6-7(11-3)9-4-5-10-8/h7H,4-6H2,1-3H3. The molecule has 1 unspecified atom stereocenters. The molecule has 0 amide bonds. The maximum atomic E-state index is 5.58. The predicted octanol–water partition coefficient (Wildman–Crippen LogP) is 1.89. The molecular weight excluding hydrogens is 160 g/mol. The molecule has 0 saturated carbocycles. The lowest BCUT2D eigenvalue weighted by Crippen LogP contribution is -2.26. The third kappa shape index (κ3) is 3.01. The number of rotatable bonds is 1. The summed E-state index contributed by atoms with van der Waals surface area (Å²) in [5.41, 5.74) is 0.303.